The quantitative estimate of drug-likeness (QED) is 0.491. The Hall–Kier alpha value is -1.10. The number of nitrogens with one attached hydrogen (secondary N) is 1. The summed E-state index contributed by atoms with van der Waals surface area (Å²) in [7, 11) is 0. The van der Waals surface area contributed by atoms with Crippen molar-refractivity contribution in [1.82, 2.24) is 5.32 Å². The fraction of sp³-hybridized carbons (Fsp3) is 0.846. The summed E-state index contributed by atoms with van der Waals surface area (Å²) < 4.78 is 0. The molecule has 0 fully saturated rings. The van der Waals surface area contributed by atoms with Gasteiger partial charge in [-0.3, -0.25) is 9.59 Å². The molecule has 0 bridgehead atoms. The van der Waals surface area contributed by atoms with E-state index in [9.17, 15) is 9.59 Å². The number of carbonyl (C=O) groups excluding carboxylic acids is 1. The normalized spacial score (nSPS) is 12.1. The summed E-state index contributed by atoms with van der Waals surface area (Å²) in [5.74, 6) is -1.17. The zero-order valence-electron chi connectivity index (χ0n) is 11.3. The molecule has 0 aliphatic heterocycles. The van der Waals surface area contributed by atoms with Gasteiger partial charge in [-0.05, 0) is 12.8 Å². The van der Waals surface area contributed by atoms with Crippen LogP contribution in [0.4, 0.5) is 0 Å². The van der Waals surface area contributed by atoms with E-state index in [0.29, 0.717) is 6.54 Å². The van der Waals surface area contributed by atoms with Crippen LogP contribution in [0.1, 0.15) is 58.3 Å². The van der Waals surface area contributed by atoms with Crippen molar-refractivity contribution in [2.24, 2.45) is 5.73 Å². The standard InChI is InChI=1S/C13H26N2O3/c1-2-3-4-5-6-7-10-15-13(18)11(14)8-9-12(16)17/h11H,2-10,14H2,1H3,(H,15,18)(H,16,17). The molecule has 0 saturated carbocycles. The predicted molar refractivity (Wildman–Crippen MR) is 71.2 cm³/mol. The highest BCUT2D eigenvalue weighted by Crippen LogP contribution is 2.04. The van der Waals surface area contributed by atoms with Crippen LogP contribution >= 0.6 is 0 Å². The molecular weight excluding hydrogens is 232 g/mol. The molecule has 0 aromatic rings. The molecule has 0 spiro atoms. The second-order valence-corrected chi connectivity index (χ2v) is 4.60. The van der Waals surface area contributed by atoms with Gasteiger partial charge in [0.15, 0.2) is 0 Å². The lowest BCUT2D eigenvalue weighted by Crippen LogP contribution is -2.41. The number of amides is 1. The molecule has 0 radical (unpaired) electrons. The maximum atomic E-state index is 11.5. The minimum Gasteiger partial charge on any atom is -0.481 e. The van der Waals surface area contributed by atoms with Gasteiger partial charge in [-0.25, -0.2) is 0 Å². The molecule has 18 heavy (non-hydrogen) atoms. The molecular formula is C13H26N2O3. The second-order valence-electron chi connectivity index (χ2n) is 4.60. The molecule has 0 aliphatic carbocycles. The molecule has 0 rings (SSSR count). The van der Waals surface area contributed by atoms with Crippen molar-refractivity contribution in [3.8, 4) is 0 Å². The lowest BCUT2D eigenvalue weighted by molar-refractivity contribution is -0.137. The summed E-state index contributed by atoms with van der Waals surface area (Å²) in [5, 5.41) is 11.2. The Morgan fingerprint density at radius 2 is 1.78 bits per heavy atom. The SMILES string of the molecule is CCCCCCCCNC(=O)C(N)CCC(=O)O. The van der Waals surface area contributed by atoms with Crippen LogP contribution in [0, 0.1) is 0 Å². The van der Waals surface area contributed by atoms with Gasteiger partial charge in [-0.1, -0.05) is 39.0 Å². The monoisotopic (exact) mass is 258 g/mol. The molecule has 0 saturated heterocycles. The average molecular weight is 258 g/mol. The minimum absolute atomic E-state index is 0.0639. The summed E-state index contributed by atoms with van der Waals surface area (Å²) in [6.45, 7) is 2.81. The van der Waals surface area contributed by atoms with E-state index in [1.165, 1.54) is 25.7 Å². The molecule has 5 heteroatoms. The summed E-state index contributed by atoms with van der Waals surface area (Å²) in [4.78, 5) is 21.8. The van der Waals surface area contributed by atoms with Crippen LogP contribution in [0.3, 0.4) is 0 Å². The van der Waals surface area contributed by atoms with Crippen LogP contribution in [0.5, 0.6) is 0 Å². The first-order valence-electron chi connectivity index (χ1n) is 6.83. The van der Waals surface area contributed by atoms with Crippen LogP contribution in [0.15, 0.2) is 0 Å². The van der Waals surface area contributed by atoms with Crippen LogP contribution in [-0.4, -0.2) is 29.6 Å². The fourth-order valence-electron chi connectivity index (χ4n) is 1.66. The van der Waals surface area contributed by atoms with Crippen LogP contribution in [0.2, 0.25) is 0 Å². The van der Waals surface area contributed by atoms with Crippen molar-refractivity contribution in [3.05, 3.63) is 0 Å². The molecule has 0 aromatic carbocycles. The summed E-state index contributed by atoms with van der Waals surface area (Å²) in [6.07, 6.45) is 7.16. The Labute approximate surface area is 109 Å². The number of nitrogens with two attached hydrogens (primary N) is 1. The number of hydrogen-bond donors (Lipinski definition) is 3. The van der Waals surface area contributed by atoms with Gasteiger partial charge in [0.1, 0.15) is 0 Å². The maximum Gasteiger partial charge on any atom is 0.303 e. The molecule has 1 unspecified atom stereocenters. The highest BCUT2D eigenvalue weighted by atomic mass is 16.4. The Morgan fingerprint density at radius 1 is 1.17 bits per heavy atom. The van der Waals surface area contributed by atoms with E-state index in [4.69, 9.17) is 10.8 Å². The third-order valence-electron chi connectivity index (χ3n) is 2.84. The molecule has 1 atom stereocenters. The van der Waals surface area contributed by atoms with Gasteiger partial charge in [0.2, 0.25) is 5.91 Å². The lowest BCUT2D eigenvalue weighted by Gasteiger charge is -2.10. The average Bonchev–Trinajstić information content (AvgIpc) is 2.34. The highest BCUT2D eigenvalue weighted by molar-refractivity contribution is 5.82. The number of rotatable bonds is 11. The molecule has 0 aliphatic rings. The maximum absolute atomic E-state index is 11.5. The van der Waals surface area contributed by atoms with Crippen LogP contribution in [-0.2, 0) is 9.59 Å². The van der Waals surface area contributed by atoms with Crippen molar-refractivity contribution in [1.29, 1.82) is 0 Å². The predicted octanol–water partition coefficient (Wildman–Crippen LogP) is 1.66. The Morgan fingerprint density at radius 3 is 2.39 bits per heavy atom. The fourth-order valence-corrected chi connectivity index (χ4v) is 1.66. The highest BCUT2D eigenvalue weighted by Gasteiger charge is 2.13. The zero-order valence-corrected chi connectivity index (χ0v) is 11.3. The molecule has 5 nitrogen and oxygen atoms in total. The lowest BCUT2D eigenvalue weighted by atomic mass is 10.1. The molecule has 4 N–H and O–H groups in total. The molecule has 106 valence electrons. The van der Waals surface area contributed by atoms with Gasteiger partial charge in [-0.2, -0.15) is 0 Å². The largest absolute Gasteiger partial charge is 0.481 e. The first-order chi connectivity index (χ1) is 8.57. The number of aliphatic carboxylic acids is 1. The molecule has 0 heterocycles. The summed E-state index contributed by atoms with van der Waals surface area (Å²) >= 11 is 0. The third-order valence-corrected chi connectivity index (χ3v) is 2.84. The van der Waals surface area contributed by atoms with Crippen LogP contribution in [0.25, 0.3) is 0 Å². The zero-order chi connectivity index (χ0) is 13.8. The number of unbranched alkanes of at least 4 members (excludes halogenated alkanes) is 5. The van der Waals surface area contributed by atoms with Gasteiger partial charge in [-0.15, -0.1) is 0 Å². The van der Waals surface area contributed by atoms with Crippen molar-refractivity contribution in [2.45, 2.75) is 64.3 Å². The first kappa shape index (κ1) is 16.9. The van der Waals surface area contributed by atoms with Crippen molar-refractivity contribution in [3.63, 3.8) is 0 Å². The number of hydrogen-bond acceptors (Lipinski definition) is 3. The van der Waals surface area contributed by atoms with E-state index in [1.807, 2.05) is 0 Å². The van der Waals surface area contributed by atoms with Gasteiger partial charge >= 0.3 is 5.97 Å². The minimum atomic E-state index is -0.922. The van der Waals surface area contributed by atoms with E-state index in [-0.39, 0.29) is 18.7 Å². The Bertz CT molecular complexity index is 244. The first-order valence-corrected chi connectivity index (χ1v) is 6.83. The van der Waals surface area contributed by atoms with E-state index < -0.39 is 12.0 Å². The van der Waals surface area contributed by atoms with E-state index in [0.717, 1.165) is 12.8 Å². The number of carbonyl (C=O) groups is 2. The molecule has 1 amide bonds. The number of carboxylic acids is 1. The van der Waals surface area contributed by atoms with Crippen molar-refractivity contribution < 1.29 is 14.7 Å². The third kappa shape index (κ3) is 10.1. The Balaban J connectivity index is 3.43. The van der Waals surface area contributed by atoms with Crippen LogP contribution < -0.4 is 11.1 Å². The second kappa shape index (κ2) is 11.0. The van der Waals surface area contributed by atoms with Crippen molar-refractivity contribution in [2.75, 3.05) is 6.54 Å². The van der Waals surface area contributed by atoms with Gasteiger partial charge in [0.05, 0.1) is 6.04 Å². The van der Waals surface area contributed by atoms with E-state index >= 15 is 0 Å². The molecule has 0 aromatic heterocycles. The summed E-state index contributed by atoms with van der Waals surface area (Å²) in [5.41, 5.74) is 5.57. The van der Waals surface area contributed by atoms with E-state index in [1.54, 1.807) is 0 Å². The smallest absolute Gasteiger partial charge is 0.303 e. The number of carboxylic acid groups (broad SMARTS) is 1. The van der Waals surface area contributed by atoms with Gasteiger partial charge in [0, 0.05) is 13.0 Å². The van der Waals surface area contributed by atoms with Gasteiger partial charge in [0.25, 0.3) is 0 Å². The van der Waals surface area contributed by atoms with E-state index in [2.05, 4.69) is 12.2 Å². The van der Waals surface area contributed by atoms with Crippen molar-refractivity contribution >= 4 is 11.9 Å². The topological polar surface area (TPSA) is 92.4 Å². The Kier molecular flexibility index (Phi) is 10.3. The van der Waals surface area contributed by atoms with Gasteiger partial charge < -0.3 is 16.2 Å². The summed E-state index contributed by atoms with van der Waals surface area (Å²) in [6, 6.07) is -0.707.